The van der Waals surface area contributed by atoms with Crippen LogP contribution in [0.4, 0.5) is 0 Å². The summed E-state index contributed by atoms with van der Waals surface area (Å²) >= 11 is 7.45. The molecule has 0 saturated carbocycles. The van der Waals surface area contributed by atoms with Crippen molar-refractivity contribution in [2.75, 3.05) is 12.3 Å². The maximum Gasteiger partial charge on any atom is 0.237 e. The minimum absolute atomic E-state index is 0.0685. The number of benzene rings is 1. The van der Waals surface area contributed by atoms with E-state index in [-0.39, 0.29) is 11.2 Å². The highest BCUT2D eigenvalue weighted by Crippen LogP contribution is 2.31. The molecule has 0 bridgehead atoms. The van der Waals surface area contributed by atoms with Gasteiger partial charge in [-0.25, -0.2) is 0 Å². The molecule has 0 radical (unpaired) electrons. The van der Waals surface area contributed by atoms with Crippen LogP contribution < -0.4 is 5.32 Å². The van der Waals surface area contributed by atoms with Gasteiger partial charge in [0.25, 0.3) is 0 Å². The van der Waals surface area contributed by atoms with E-state index in [1.54, 1.807) is 11.8 Å². The van der Waals surface area contributed by atoms with Crippen molar-refractivity contribution in [3.63, 3.8) is 0 Å². The van der Waals surface area contributed by atoms with Gasteiger partial charge in [-0.1, -0.05) is 23.7 Å². The highest BCUT2D eigenvalue weighted by atomic mass is 35.5. The third kappa shape index (κ3) is 2.04. The van der Waals surface area contributed by atoms with Gasteiger partial charge in [-0.3, -0.25) is 4.79 Å². The van der Waals surface area contributed by atoms with Crippen molar-refractivity contribution >= 4 is 29.3 Å². The van der Waals surface area contributed by atoms with E-state index in [0.29, 0.717) is 5.02 Å². The molecule has 2 nitrogen and oxygen atoms in total. The Morgan fingerprint density at radius 1 is 1.36 bits per heavy atom. The second kappa shape index (κ2) is 4.24. The fourth-order valence-electron chi connectivity index (χ4n) is 1.40. The fraction of sp³-hybridized carbons (Fsp3) is 0.300. The Bertz CT molecular complexity index is 338. The smallest absolute Gasteiger partial charge is 0.237 e. The maximum atomic E-state index is 11.5. The number of amides is 1. The van der Waals surface area contributed by atoms with Crippen LogP contribution in [0.5, 0.6) is 0 Å². The monoisotopic (exact) mass is 227 g/mol. The van der Waals surface area contributed by atoms with E-state index < -0.39 is 0 Å². The molecule has 1 amide bonds. The van der Waals surface area contributed by atoms with E-state index in [0.717, 1.165) is 17.9 Å². The van der Waals surface area contributed by atoms with Crippen LogP contribution in [0.3, 0.4) is 0 Å². The molecule has 14 heavy (non-hydrogen) atoms. The molecule has 74 valence electrons. The molecular formula is C10H10ClNOS. The Hall–Kier alpha value is -0.670. The first-order chi connectivity index (χ1) is 6.77. The zero-order valence-corrected chi connectivity index (χ0v) is 9.07. The fourth-order valence-corrected chi connectivity index (χ4v) is 2.57. The quantitative estimate of drug-likeness (QED) is 0.798. The lowest BCUT2D eigenvalue weighted by molar-refractivity contribution is -0.120. The summed E-state index contributed by atoms with van der Waals surface area (Å²) in [5.41, 5.74) is 1.02. The van der Waals surface area contributed by atoms with Gasteiger partial charge < -0.3 is 5.32 Å². The molecule has 0 spiro atoms. The van der Waals surface area contributed by atoms with Gasteiger partial charge in [-0.2, -0.15) is 0 Å². The van der Waals surface area contributed by atoms with Crippen LogP contribution in [0.1, 0.15) is 10.8 Å². The summed E-state index contributed by atoms with van der Waals surface area (Å²) in [5, 5.41) is 3.49. The van der Waals surface area contributed by atoms with Gasteiger partial charge in [0, 0.05) is 17.3 Å². The van der Waals surface area contributed by atoms with Gasteiger partial charge in [0.1, 0.15) is 5.25 Å². The van der Waals surface area contributed by atoms with Crippen molar-refractivity contribution in [2.24, 2.45) is 0 Å². The van der Waals surface area contributed by atoms with E-state index >= 15 is 0 Å². The molecule has 1 N–H and O–H groups in total. The topological polar surface area (TPSA) is 29.1 Å². The first-order valence-corrected chi connectivity index (χ1v) is 5.85. The minimum Gasteiger partial charge on any atom is -0.354 e. The predicted molar refractivity (Wildman–Crippen MR) is 59.7 cm³/mol. The Morgan fingerprint density at radius 2 is 2.07 bits per heavy atom. The van der Waals surface area contributed by atoms with Gasteiger partial charge in [0.2, 0.25) is 5.91 Å². The highest BCUT2D eigenvalue weighted by molar-refractivity contribution is 8.00. The molecule has 0 aromatic heterocycles. The molecule has 1 aromatic carbocycles. The van der Waals surface area contributed by atoms with E-state index in [4.69, 9.17) is 11.6 Å². The second-order valence-corrected chi connectivity index (χ2v) is 4.74. The van der Waals surface area contributed by atoms with Crippen LogP contribution in [0.25, 0.3) is 0 Å². The summed E-state index contributed by atoms with van der Waals surface area (Å²) < 4.78 is 0. The molecule has 1 aromatic rings. The molecular weight excluding hydrogens is 218 g/mol. The summed E-state index contributed by atoms with van der Waals surface area (Å²) in [7, 11) is 0. The number of halogens is 1. The van der Waals surface area contributed by atoms with E-state index in [1.165, 1.54) is 0 Å². The van der Waals surface area contributed by atoms with Gasteiger partial charge in [0.05, 0.1) is 0 Å². The second-order valence-electron chi connectivity index (χ2n) is 3.09. The SMILES string of the molecule is O=C1NCCS[C@H]1c1ccc(Cl)cc1. The van der Waals surface area contributed by atoms with Gasteiger partial charge in [-0.05, 0) is 17.7 Å². The summed E-state index contributed by atoms with van der Waals surface area (Å²) in [5.74, 6) is 1.07. The summed E-state index contributed by atoms with van der Waals surface area (Å²) in [6.07, 6.45) is 0. The molecule has 2 rings (SSSR count). The number of rotatable bonds is 1. The van der Waals surface area contributed by atoms with Gasteiger partial charge in [0.15, 0.2) is 0 Å². The van der Waals surface area contributed by atoms with Gasteiger partial charge in [-0.15, -0.1) is 11.8 Å². The standard InChI is InChI=1S/C10H10ClNOS/c11-8-3-1-7(2-4-8)9-10(13)12-5-6-14-9/h1-4,9H,5-6H2,(H,12,13)/t9-/m0/s1. The summed E-state index contributed by atoms with van der Waals surface area (Å²) in [6.45, 7) is 0.771. The Labute approximate surface area is 92.0 Å². The van der Waals surface area contributed by atoms with Crippen molar-refractivity contribution < 1.29 is 4.79 Å². The minimum atomic E-state index is -0.0685. The molecule has 1 fully saturated rings. The molecule has 1 heterocycles. The van der Waals surface area contributed by atoms with Crippen LogP contribution in [0.15, 0.2) is 24.3 Å². The van der Waals surface area contributed by atoms with E-state index in [9.17, 15) is 4.79 Å². The maximum absolute atomic E-state index is 11.5. The van der Waals surface area contributed by atoms with Crippen LogP contribution in [-0.2, 0) is 4.79 Å². The Balaban J connectivity index is 2.20. The molecule has 1 atom stereocenters. The van der Waals surface area contributed by atoms with Crippen molar-refractivity contribution in [3.8, 4) is 0 Å². The lowest BCUT2D eigenvalue weighted by Gasteiger charge is -2.21. The molecule has 1 saturated heterocycles. The first kappa shape index (κ1) is 9.87. The predicted octanol–water partition coefficient (Wildman–Crippen LogP) is 2.24. The highest BCUT2D eigenvalue weighted by Gasteiger charge is 2.23. The number of hydrogen-bond acceptors (Lipinski definition) is 2. The number of carbonyl (C=O) groups is 1. The number of carbonyl (C=O) groups excluding carboxylic acids is 1. The first-order valence-electron chi connectivity index (χ1n) is 4.42. The lowest BCUT2D eigenvalue weighted by atomic mass is 10.1. The van der Waals surface area contributed by atoms with Crippen LogP contribution in [0.2, 0.25) is 5.02 Å². The van der Waals surface area contributed by atoms with Gasteiger partial charge >= 0.3 is 0 Å². The number of nitrogens with one attached hydrogen (secondary N) is 1. The lowest BCUT2D eigenvalue weighted by Crippen LogP contribution is -2.34. The molecule has 4 heteroatoms. The Kier molecular flexibility index (Phi) is 2.99. The van der Waals surface area contributed by atoms with Crippen molar-refractivity contribution in [3.05, 3.63) is 34.9 Å². The average molecular weight is 228 g/mol. The zero-order chi connectivity index (χ0) is 9.97. The van der Waals surface area contributed by atoms with Crippen LogP contribution >= 0.6 is 23.4 Å². The van der Waals surface area contributed by atoms with Crippen molar-refractivity contribution in [2.45, 2.75) is 5.25 Å². The van der Waals surface area contributed by atoms with E-state index in [2.05, 4.69) is 5.32 Å². The number of hydrogen-bond donors (Lipinski definition) is 1. The molecule has 0 unspecified atom stereocenters. The summed E-state index contributed by atoms with van der Waals surface area (Å²) in [6, 6.07) is 7.45. The summed E-state index contributed by atoms with van der Waals surface area (Å²) in [4.78, 5) is 11.5. The Morgan fingerprint density at radius 3 is 2.71 bits per heavy atom. The van der Waals surface area contributed by atoms with Crippen molar-refractivity contribution in [1.82, 2.24) is 5.32 Å². The van der Waals surface area contributed by atoms with Crippen LogP contribution in [-0.4, -0.2) is 18.2 Å². The molecule has 0 aliphatic carbocycles. The number of thioether (sulfide) groups is 1. The molecule has 1 aliphatic heterocycles. The third-order valence-corrected chi connectivity index (χ3v) is 3.61. The average Bonchev–Trinajstić information content (AvgIpc) is 2.20. The third-order valence-electron chi connectivity index (χ3n) is 2.10. The van der Waals surface area contributed by atoms with Crippen molar-refractivity contribution in [1.29, 1.82) is 0 Å². The molecule has 1 aliphatic rings. The van der Waals surface area contributed by atoms with E-state index in [1.807, 2.05) is 24.3 Å². The van der Waals surface area contributed by atoms with Crippen LogP contribution in [0, 0.1) is 0 Å². The largest absolute Gasteiger partial charge is 0.354 e. The zero-order valence-electron chi connectivity index (χ0n) is 7.50. The normalized spacial score (nSPS) is 21.8.